The van der Waals surface area contributed by atoms with Crippen molar-refractivity contribution in [2.45, 2.75) is 18.9 Å². The first-order valence-corrected chi connectivity index (χ1v) is 7.40. The van der Waals surface area contributed by atoms with Crippen LogP contribution in [0.15, 0.2) is 28.7 Å². The maximum Gasteiger partial charge on any atom is 0.221 e. The lowest BCUT2D eigenvalue weighted by atomic mass is 9.94. The summed E-state index contributed by atoms with van der Waals surface area (Å²) >= 11 is 3.44. The number of halogens is 1. The van der Waals surface area contributed by atoms with Crippen LogP contribution in [-0.4, -0.2) is 30.4 Å². The molecule has 1 fully saturated rings. The monoisotopic (exact) mass is 325 g/mol. The quantitative estimate of drug-likeness (QED) is 0.884. The number of hydrogen-bond donors (Lipinski definition) is 2. The summed E-state index contributed by atoms with van der Waals surface area (Å²) < 4.78 is 1.06. The van der Waals surface area contributed by atoms with Crippen LogP contribution in [0, 0.1) is 5.92 Å². The topological polar surface area (TPSA) is 72.3 Å². The molecule has 1 aromatic carbocycles. The summed E-state index contributed by atoms with van der Waals surface area (Å²) in [4.78, 5) is 13.6. The largest absolute Gasteiger partial charge is 0.369 e. The van der Waals surface area contributed by atoms with Crippen molar-refractivity contribution in [1.82, 2.24) is 4.90 Å². The Labute approximate surface area is 122 Å². The normalized spacial score (nSPS) is 22.1. The lowest BCUT2D eigenvalue weighted by molar-refractivity contribution is -0.123. The van der Waals surface area contributed by atoms with Gasteiger partial charge < -0.3 is 11.5 Å². The number of likely N-dealkylation sites (tertiary alicyclic amines) is 1. The molecule has 0 aliphatic carbocycles. The van der Waals surface area contributed by atoms with Crippen molar-refractivity contribution in [3.05, 3.63) is 34.3 Å². The van der Waals surface area contributed by atoms with Gasteiger partial charge in [0.1, 0.15) is 0 Å². The van der Waals surface area contributed by atoms with Gasteiger partial charge in [0.05, 0.1) is 5.92 Å². The van der Waals surface area contributed by atoms with Crippen molar-refractivity contribution in [1.29, 1.82) is 0 Å². The number of primary amides is 1. The highest BCUT2D eigenvalue weighted by atomic mass is 79.9. The van der Waals surface area contributed by atoms with Crippen molar-refractivity contribution in [2.24, 2.45) is 17.4 Å². The van der Waals surface area contributed by atoms with Gasteiger partial charge in [-0.1, -0.05) is 28.1 Å². The first-order chi connectivity index (χ1) is 9.11. The number of hydrogen-bond acceptors (Lipinski definition) is 3. The van der Waals surface area contributed by atoms with E-state index in [0.717, 1.165) is 23.9 Å². The number of nitrogens with zero attached hydrogens (tertiary/aromatic N) is 1. The number of nitrogens with two attached hydrogens (primary N) is 2. The number of piperidine rings is 1. The molecule has 0 bridgehead atoms. The first kappa shape index (κ1) is 14.5. The van der Waals surface area contributed by atoms with E-state index in [1.807, 2.05) is 12.1 Å². The molecular formula is C14H20BrN3O. The maximum atomic E-state index is 11.4. The van der Waals surface area contributed by atoms with Crippen molar-refractivity contribution in [2.75, 3.05) is 19.6 Å². The highest BCUT2D eigenvalue weighted by molar-refractivity contribution is 9.10. The molecule has 0 spiro atoms. The number of carbonyl (C=O) groups is 1. The van der Waals surface area contributed by atoms with Crippen LogP contribution in [0.2, 0.25) is 0 Å². The maximum absolute atomic E-state index is 11.4. The van der Waals surface area contributed by atoms with E-state index in [0.29, 0.717) is 13.1 Å². The average molecular weight is 326 g/mol. The molecule has 5 heteroatoms. The Hall–Kier alpha value is -0.910. The number of rotatable bonds is 4. The lowest BCUT2D eigenvalue weighted by Gasteiger charge is -2.37. The minimum Gasteiger partial charge on any atom is -0.369 e. The molecule has 19 heavy (non-hydrogen) atoms. The molecule has 1 saturated heterocycles. The second-order valence-electron chi connectivity index (χ2n) is 5.04. The second-order valence-corrected chi connectivity index (χ2v) is 5.96. The van der Waals surface area contributed by atoms with Gasteiger partial charge in [0.2, 0.25) is 5.91 Å². The molecule has 4 N–H and O–H groups in total. The minimum absolute atomic E-state index is 0.0433. The van der Waals surface area contributed by atoms with Crippen LogP contribution in [0.5, 0.6) is 0 Å². The Kier molecular flexibility index (Phi) is 4.96. The summed E-state index contributed by atoms with van der Waals surface area (Å²) in [7, 11) is 0. The van der Waals surface area contributed by atoms with E-state index in [9.17, 15) is 4.79 Å². The molecule has 0 aromatic heterocycles. The summed E-state index contributed by atoms with van der Waals surface area (Å²) in [5.74, 6) is -0.241. The minimum atomic E-state index is -0.198. The van der Waals surface area contributed by atoms with Crippen molar-refractivity contribution < 1.29 is 4.79 Å². The molecule has 2 atom stereocenters. The van der Waals surface area contributed by atoms with Crippen molar-refractivity contribution >= 4 is 21.8 Å². The number of carbonyl (C=O) groups excluding carboxylic acids is 1. The van der Waals surface area contributed by atoms with Crippen LogP contribution >= 0.6 is 15.9 Å². The van der Waals surface area contributed by atoms with Crippen LogP contribution in [0.1, 0.15) is 24.4 Å². The summed E-state index contributed by atoms with van der Waals surface area (Å²) in [6, 6.07) is 8.36. The fourth-order valence-corrected chi connectivity index (χ4v) is 2.97. The van der Waals surface area contributed by atoms with Crippen LogP contribution in [0.3, 0.4) is 0 Å². The third-order valence-electron chi connectivity index (χ3n) is 3.77. The highest BCUT2D eigenvalue weighted by Gasteiger charge is 2.28. The Morgan fingerprint density at radius 3 is 2.68 bits per heavy atom. The van der Waals surface area contributed by atoms with E-state index in [1.54, 1.807) is 0 Å². The van der Waals surface area contributed by atoms with Gasteiger partial charge in [-0.15, -0.1) is 0 Å². The molecule has 0 saturated carbocycles. The average Bonchev–Trinajstić information content (AvgIpc) is 2.42. The molecule has 0 radical (unpaired) electrons. The zero-order chi connectivity index (χ0) is 13.8. The molecule has 4 nitrogen and oxygen atoms in total. The van der Waals surface area contributed by atoms with Gasteiger partial charge in [0.15, 0.2) is 0 Å². The Morgan fingerprint density at radius 2 is 2.11 bits per heavy atom. The molecule has 1 aliphatic rings. The van der Waals surface area contributed by atoms with E-state index in [-0.39, 0.29) is 17.9 Å². The van der Waals surface area contributed by atoms with Crippen LogP contribution < -0.4 is 11.5 Å². The van der Waals surface area contributed by atoms with Gasteiger partial charge in [0, 0.05) is 23.6 Å². The number of benzene rings is 1. The predicted molar refractivity (Wildman–Crippen MR) is 79.4 cm³/mol. The van der Waals surface area contributed by atoms with Crippen molar-refractivity contribution in [3.8, 4) is 0 Å². The van der Waals surface area contributed by atoms with Gasteiger partial charge in [-0.05, 0) is 37.1 Å². The van der Waals surface area contributed by atoms with Crippen LogP contribution in [-0.2, 0) is 4.79 Å². The Bertz CT molecular complexity index is 435. The van der Waals surface area contributed by atoms with E-state index in [1.165, 1.54) is 5.56 Å². The molecule has 1 heterocycles. The third kappa shape index (κ3) is 3.55. The lowest BCUT2D eigenvalue weighted by Crippen LogP contribution is -2.44. The molecule has 2 rings (SSSR count). The first-order valence-electron chi connectivity index (χ1n) is 6.60. The fraction of sp³-hybridized carbons (Fsp3) is 0.500. The van der Waals surface area contributed by atoms with Gasteiger partial charge in [0.25, 0.3) is 0 Å². The van der Waals surface area contributed by atoms with Crippen LogP contribution in [0.4, 0.5) is 0 Å². The van der Waals surface area contributed by atoms with E-state index in [2.05, 4.69) is 33.0 Å². The molecule has 1 aliphatic heterocycles. The Balaban J connectivity index is 2.12. The summed E-state index contributed by atoms with van der Waals surface area (Å²) in [5, 5.41) is 0. The Morgan fingerprint density at radius 1 is 1.42 bits per heavy atom. The summed E-state index contributed by atoms with van der Waals surface area (Å²) in [6.07, 6.45) is 1.89. The molecule has 104 valence electrons. The smallest absolute Gasteiger partial charge is 0.221 e. The zero-order valence-corrected chi connectivity index (χ0v) is 12.5. The summed E-state index contributed by atoms with van der Waals surface area (Å²) in [6.45, 7) is 2.24. The molecule has 2 unspecified atom stereocenters. The standard InChI is InChI=1S/C14H20BrN3O/c15-12-5-3-10(4-6-12)13(8-16)18-7-1-2-11(9-18)14(17)19/h3-6,11,13H,1-2,7-9,16H2,(H2,17,19). The SMILES string of the molecule is NCC(c1ccc(Br)cc1)N1CCCC(C(N)=O)C1. The van der Waals surface area contributed by atoms with Gasteiger partial charge >= 0.3 is 0 Å². The fourth-order valence-electron chi connectivity index (χ4n) is 2.70. The summed E-state index contributed by atoms with van der Waals surface area (Å²) in [5.41, 5.74) is 12.5. The zero-order valence-electron chi connectivity index (χ0n) is 10.9. The third-order valence-corrected chi connectivity index (χ3v) is 4.30. The van der Waals surface area contributed by atoms with E-state index < -0.39 is 0 Å². The highest BCUT2D eigenvalue weighted by Crippen LogP contribution is 2.27. The predicted octanol–water partition coefficient (Wildman–Crippen LogP) is 1.65. The van der Waals surface area contributed by atoms with Crippen molar-refractivity contribution in [3.63, 3.8) is 0 Å². The van der Waals surface area contributed by atoms with E-state index in [4.69, 9.17) is 11.5 Å². The number of amides is 1. The molecule has 1 amide bonds. The van der Waals surface area contributed by atoms with Gasteiger partial charge in [-0.2, -0.15) is 0 Å². The van der Waals surface area contributed by atoms with Gasteiger partial charge in [-0.25, -0.2) is 0 Å². The molecular weight excluding hydrogens is 306 g/mol. The van der Waals surface area contributed by atoms with Gasteiger partial charge in [-0.3, -0.25) is 9.69 Å². The van der Waals surface area contributed by atoms with E-state index >= 15 is 0 Å². The second kappa shape index (κ2) is 6.50. The van der Waals surface area contributed by atoms with Crippen LogP contribution in [0.25, 0.3) is 0 Å². The molecule has 1 aromatic rings.